The van der Waals surface area contributed by atoms with Crippen LogP contribution >= 0.6 is 23.4 Å². The molecule has 0 bridgehead atoms. The summed E-state index contributed by atoms with van der Waals surface area (Å²) in [5, 5.41) is 14.3. The maximum absolute atomic E-state index is 12.4. The van der Waals surface area contributed by atoms with Gasteiger partial charge in [0.1, 0.15) is 10.6 Å². The van der Waals surface area contributed by atoms with Crippen molar-refractivity contribution in [3.05, 3.63) is 98.4 Å². The van der Waals surface area contributed by atoms with Gasteiger partial charge in [-0.3, -0.25) is 14.9 Å². The number of hydrogen-bond acceptors (Lipinski definition) is 8. The Kier molecular flexibility index (Phi) is 6.68. The van der Waals surface area contributed by atoms with Gasteiger partial charge in [-0.2, -0.15) is 8.42 Å². The first kappa shape index (κ1) is 23.5. The summed E-state index contributed by atoms with van der Waals surface area (Å²) in [4.78, 5) is 26.9. The topological polar surface area (TPSA) is 128 Å². The number of carbonyl (C=O) groups is 1. The molecule has 0 saturated carbocycles. The van der Waals surface area contributed by atoms with Crippen LogP contribution < -0.4 is 9.50 Å². The second-order valence-electron chi connectivity index (χ2n) is 6.82. The van der Waals surface area contributed by atoms with Crippen molar-refractivity contribution < 1.29 is 22.3 Å². The van der Waals surface area contributed by atoms with E-state index >= 15 is 0 Å². The number of rotatable bonds is 6. The number of carbonyl (C=O) groups excluding carboxylic acids is 1. The van der Waals surface area contributed by atoms with Crippen LogP contribution in [0.2, 0.25) is 5.02 Å². The summed E-state index contributed by atoms with van der Waals surface area (Å²) in [6.45, 7) is 0. The fourth-order valence-electron chi connectivity index (χ4n) is 2.82. The molecule has 0 unspecified atom stereocenters. The minimum Gasteiger partial charge on any atom is -0.379 e. The van der Waals surface area contributed by atoms with E-state index in [1.807, 2.05) is 0 Å². The van der Waals surface area contributed by atoms with Crippen molar-refractivity contribution in [2.24, 2.45) is 4.99 Å². The Hall–Kier alpha value is -3.67. The minimum atomic E-state index is -4.17. The third-order valence-corrected chi connectivity index (χ3v) is 6.82. The minimum absolute atomic E-state index is 0.0484. The first-order chi connectivity index (χ1) is 16.2. The largest absolute Gasteiger partial charge is 0.379 e. The number of halogens is 1. The average molecular weight is 516 g/mol. The average Bonchev–Trinajstić information content (AvgIpc) is 3.13. The van der Waals surface area contributed by atoms with Gasteiger partial charge in [-0.1, -0.05) is 29.8 Å². The molecule has 34 heavy (non-hydrogen) atoms. The third-order valence-electron chi connectivity index (χ3n) is 4.41. The van der Waals surface area contributed by atoms with Crippen LogP contribution in [0, 0.1) is 10.1 Å². The molecule has 1 amide bonds. The van der Waals surface area contributed by atoms with Crippen molar-refractivity contribution in [1.82, 2.24) is 5.32 Å². The highest BCUT2D eigenvalue weighted by molar-refractivity contribution is 8.18. The number of amides is 1. The van der Waals surface area contributed by atoms with E-state index in [2.05, 4.69) is 10.3 Å². The van der Waals surface area contributed by atoms with E-state index in [1.165, 1.54) is 12.1 Å². The summed E-state index contributed by atoms with van der Waals surface area (Å²) in [6, 6.07) is 17.3. The lowest BCUT2D eigenvalue weighted by Gasteiger charge is -2.07. The monoisotopic (exact) mass is 515 g/mol. The highest BCUT2D eigenvalue weighted by atomic mass is 35.5. The van der Waals surface area contributed by atoms with Crippen molar-refractivity contribution >= 4 is 62.0 Å². The van der Waals surface area contributed by atoms with Gasteiger partial charge in [-0.15, -0.1) is 0 Å². The van der Waals surface area contributed by atoms with Crippen molar-refractivity contribution in [2.45, 2.75) is 4.90 Å². The molecule has 1 saturated heterocycles. The van der Waals surface area contributed by atoms with Gasteiger partial charge in [-0.25, -0.2) is 4.99 Å². The molecule has 0 aromatic heterocycles. The van der Waals surface area contributed by atoms with E-state index in [4.69, 9.17) is 15.8 Å². The Morgan fingerprint density at radius 2 is 1.76 bits per heavy atom. The predicted octanol–water partition coefficient (Wildman–Crippen LogP) is 4.91. The highest BCUT2D eigenvalue weighted by Gasteiger charge is 2.24. The molecular weight excluding hydrogens is 502 g/mol. The van der Waals surface area contributed by atoms with Crippen LogP contribution in [0.1, 0.15) is 5.56 Å². The zero-order chi connectivity index (χ0) is 24.3. The van der Waals surface area contributed by atoms with E-state index in [0.717, 1.165) is 36.0 Å². The van der Waals surface area contributed by atoms with Gasteiger partial charge < -0.3 is 9.50 Å². The van der Waals surface area contributed by atoms with Gasteiger partial charge in [0.15, 0.2) is 5.17 Å². The number of nitrogens with one attached hydrogen (secondary N) is 1. The van der Waals surface area contributed by atoms with Crippen LogP contribution in [0.15, 0.2) is 87.6 Å². The molecule has 3 aromatic carbocycles. The quantitative estimate of drug-likeness (QED) is 0.214. The van der Waals surface area contributed by atoms with Crippen molar-refractivity contribution in [1.29, 1.82) is 0 Å². The number of non-ortho nitro benzene ring substituents is 1. The Morgan fingerprint density at radius 1 is 1.06 bits per heavy atom. The summed E-state index contributed by atoms with van der Waals surface area (Å²) < 4.78 is 29.9. The summed E-state index contributed by atoms with van der Waals surface area (Å²) in [6.07, 6.45) is 1.63. The zero-order valence-electron chi connectivity index (χ0n) is 17.0. The summed E-state index contributed by atoms with van der Waals surface area (Å²) in [7, 11) is -4.17. The SMILES string of the molecule is O=C1NC(=Nc2cccc(Cl)c2)S/C1=C/c1ccc(OS(=O)(=O)c2ccc([N+](=O)[O-])cc2)cc1. The molecule has 0 aliphatic carbocycles. The number of nitro benzene ring substituents is 1. The molecular formula is C22H14ClN3O6S2. The van der Waals surface area contributed by atoms with Crippen molar-refractivity contribution in [3.8, 4) is 5.75 Å². The Balaban J connectivity index is 1.46. The molecule has 0 atom stereocenters. The molecule has 0 spiro atoms. The smallest absolute Gasteiger partial charge is 0.339 e. The summed E-state index contributed by atoms with van der Waals surface area (Å²) in [5.74, 6) is -0.265. The molecule has 1 aliphatic heterocycles. The summed E-state index contributed by atoms with van der Waals surface area (Å²) >= 11 is 7.11. The molecule has 3 aromatic rings. The van der Waals surface area contributed by atoms with Crippen LogP contribution in [0.5, 0.6) is 5.75 Å². The first-order valence-corrected chi connectivity index (χ1v) is 12.1. The number of benzene rings is 3. The molecule has 12 heteroatoms. The number of thioether (sulfide) groups is 1. The number of nitrogens with zero attached hydrogens (tertiary/aromatic N) is 2. The number of hydrogen-bond donors (Lipinski definition) is 1. The van der Waals surface area contributed by atoms with Crippen molar-refractivity contribution in [3.63, 3.8) is 0 Å². The third kappa shape index (κ3) is 5.63. The Morgan fingerprint density at radius 3 is 2.41 bits per heavy atom. The van der Waals surface area contributed by atoms with Gasteiger partial charge in [0.05, 0.1) is 15.5 Å². The Labute approximate surface area is 203 Å². The van der Waals surface area contributed by atoms with Gasteiger partial charge in [0.25, 0.3) is 11.6 Å². The highest BCUT2D eigenvalue weighted by Crippen LogP contribution is 2.29. The molecule has 0 radical (unpaired) electrons. The second kappa shape index (κ2) is 9.67. The van der Waals surface area contributed by atoms with E-state index in [0.29, 0.717) is 26.3 Å². The predicted molar refractivity (Wildman–Crippen MR) is 130 cm³/mol. The first-order valence-electron chi connectivity index (χ1n) is 9.54. The number of aliphatic imine (C=N–C) groups is 1. The summed E-state index contributed by atoms with van der Waals surface area (Å²) in [5.41, 5.74) is 1.01. The lowest BCUT2D eigenvalue weighted by Crippen LogP contribution is -2.19. The van der Waals surface area contributed by atoms with Gasteiger partial charge >= 0.3 is 10.1 Å². The van der Waals surface area contributed by atoms with E-state index < -0.39 is 15.0 Å². The van der Waals surface area contributed by atoms with E-state index in [1.54, 1.807) is 42.5 Å². The van der Waals surface area contributed by atoms with E-state index in [9.17, 15) is 23.3 Å². The lowest BCUT2D eigenvalue weighted by atomic mass is 10.2. The van der Waals surface area contributed by atoms with Crippen LogP contribution in [-0.4, -0.2) is 24.4 Å². The maximum atomic E-state index is 12.4. The van der Waals surface area contributed by atoms with Gasteiger partial charge in [0, 0.05) is 17.2 Å². The number of nitro groups is 1. The molecule has 1 aliphatic rings. The zero-order valence-corrected chi connectivity index (χ0v) is 19.4. The van der Waals surface area contributed by atoms with Crippen LogP contribution in [0.25, 0.3) is 6.08 Å². The van der Waals surface area contributed by atoms with Crippen LogP contribution in [0.4, 0.5) is 11.4 Å². The Bertz CT molecular complexity index is 1440. The molecule has 1 heterocycles. The standard InChI is InChI=1S/C22H14ClN3O6S2/c23-15-2-1-3-16(13-15)24-22-25-21(27)20(33-22)12-14-4-8-18(9-5-14)32-34(30,31)19-10-6-17(7-11-19)26(28)29/h1-13H,(H,24,25,27)/b20-12+. The molecule has 4 rings (SSSR count). The molecule has 1 fully saturated rings. The van der Waals surface area contributed by atoms with Crippen LogP contribution in [-0.2, 0) is 14.9 Å². The van der Waals surface area contributed by atoms with Gasteiger partial charge in [-0.05, 0) is 65.9 Å². The molecule has 9 nitrogen and oxygen atoms in total. The van der Waals surface area contributed by atoms with Crippen molar-refractivity contribution in [2.75, 3.05) is 0 Å². The fourth-order valence-corrected chi connectivity index (χ4v) is 4.78. The lowest BCUT2D eigenvalue weighted by molar-refractivity contribution is -0.384. The normalized spacial score (nSPS) is 16.0. The van der Waals surface area contributed by atoms with Crippen LogP contribution in [0.3, 0.4) is 0 Å². The fraction of sp³-hybridized carbons (Fsp3) is 0. The molecule has 172 valence electrons. The molecule has 1 N–H and O–H groups in total. The maximum Gasteiger partial charge on any atom is 0.339 e. The van der Waals surface area contributed by atoms with E-state index in [-0.39, 0.29) is 22.2 Å². The van der Waals surface area contributed by atoms with Gasteiger partial charge in [0.2, 0.25) is 0 Å². The second-order valence-corrected chi connectivity index (χ2v) is 9.83. The number of amidine groups is 1.